The van der Waals surface area contributed by atoms with E-state index in [2.05, 4.69) is 10.5 Å². The van der Waals surface area contributed by atoms with Crippen molar-refractivity contribution in [3.05, 3.63) is 52.8 Å². The van der Waals surface area contributed by atoms with E-state index < -0.39 is 5.97 Å². The van der Waals surface area contributed by atoms with Crippen molar-refractivity contribution in [2.75, 3.05) is 5.32 Å². The third kappa shape index (κ3) is 3.79. The lowest BCUT2D eigenvalue weighted by atomic mass is 10.0. The summed E-state index contributed by atoms with van der Waals surface area (Å²) < 4.78 is 4.87. The Bertz CT molecular complexity index is 716. The SMILES string of the molecule is Cc1cc(NC(=O)c2ccc(C)c(/C=C/C(=O)O)c2)no1. The molecular weight excluding hydrogens is 272 g/mol. The Kier molecular flexibility index (Phi) is 4.18. The van der Waals surface area contributed by atoms with Crippen LogP contribution in [0.4, 0.5) is 5.82 Å². The standard InChI is InChI=1S/C15H14N2O4/c1-9-3-4-12(8-11(9)5-6-14(18)19)15(20)16-13-7-10(2)21-17-13/h3-8H,1-2H3,(H,18,19)(H,16,17,20)/b6-5+. The molecule has 0 spiro atoms. The minimum atomic E-state index is -1.04. The largest absolute Gasteiger partial charge is 0.478 e. The molecule has 6 heteroatoms. The lowest BCUT2D eigenvalue weighted by molar-refractivity contribution is -0.131. The summed E-state index contributed by atoms with van der Waals surface area (Å²) >= 11 is 0. The first-order valence-corrected chi connectivity index (χ1v) is 6.22. The van der Waals surface area contributed by atoms with Crippen molar-refractivity contribution in [2.45, 2.75) is 13.8 Å². The van der Waals surface area contributed by atoms with Crippen LogP contribution in [0, 0.1) is 13.8 Å². The molecule has 6 nitrogen and oxygen atoms in total. The Morgan fingerprint density at radius 1 is 1.29 bits per heavy atom. The molecule has 1 aromatic heterocycles. The lowest BCUT2D eigenvalue weighted by Crippen LogP contribution is -2.12. The van der Waals surface area contributed by atoms with Crippen LogP contribution in [0.25, 0.3) is 6.08 Å². The van der Waals surface area contributed by atoms with E-state index in [1.165, 1.54) is 6.08 Å². The fourth-order valence-electron chi connectivity index (χ4n) is 1.74. The molecule has 0 aliphatic heterocycles. The van der Waals surface area contributed by atoms with Gasteiger partial charge in [-0.25, -0.2) is 4.79 Å². The van der Waals surface area contributed by atoms with Crippen LogP contribution in [0.5, 0.6) is 0 Å². The number of aromatic nitrogens is 1. The number of carbonyl (C=O) groups is 2. The number of aliphatic carboxylic acids is 1. The molecule has 0 aliphatic rings. The molecule has 0 bridgehead atoms. The number of amides is 1. The van der Waals surface area contributed by atoms with Crippen LogP contribution in [-0.2, 0) is 4.79 Å². The maximum Gasteiger partial charge on any atom is 0.328 e. The van der Waals surface area contributed by atoms with Gasteiger partial charge in [0.05, 0.1) is 0 Å². The molecule has 2 aromatic rings. The van der Waals surface area contributed by atoms with Gasteiger partial charge in [-0.3, -0.25) is 4.79 Å². The predicted molar refractivity (Wildman–Crippen MR) is 77.0 cm³/mol. The third-order valence-corrected chi connectivity index (χ3v) is 2.82. The highest BCUT2D eigenvalue weighted by Gasteiger charge is 2.10. The van der Waals surface area contributed by atoms with Crippen molar-refractivity contribution in [1.29, 1.82) is 0 Å². The fourth-order valence-corrected chi connectivity index (χ4v) is 1.74. The number of benzene rings is 1. The molecule has 0 aliphatic carbocycles. The molecule has 2 N–H and O–H groups in total. The van der Waals surface area contributed by atoms with Gasteiger partial charge in [-0.15, -0.1) is 0 Å². The minimum absolute atomic E-state index is 0.334. The van der Waals surface area contributed by atoms with E-state index in [9.17, 15) is 9.59 Å². The summed E-state index contributed by atoms with van der Waals surface area (Å²) in [6.07, 6.45) is 2.49. The molecule has 0 unspecified atom stereocenters. The van der Waals surface area contributed by atoms with Crippen molar-refractivity contribution in [3.63, 3.8) is 0 Å². The number of hydrogen-bond donors (Lipinski definition) is 2. The van der Waals surface area contributed by atoms with E-state index in [1.807, 2.05) is 6.92 Å². The number of carboxylic acid groups (broad SMARTS) is 1. The summed E-state index contributed by atoms with van der Waals surface area (Å²) in [6, 6.07) is 6.65. The second kappa shape index (κ2) is 6.04. The van der Waals surface area contributed by atoms with Crippen molar-refractivity contribution in [3.8, 4) is 0 Å². The zero-order valence-electron chi connectivity index (χ0n) is 11.6. The summed E-state index contributed by atoms with van der Waals surface area (Å²) in [7, 11) is 0. The number of carboxylic acids is 1. The number of nitrogens with zero attached hydrogens (tertiary/aromatic N) is 1. The topological polar surface area (TPSA) is 92.4 Å². The molecule has 0 saturated carbocycles. The van der Waals surface area contributed by atoms with Gasteiger partial charge in [0.15, 0.2) is 5.82 Å². The van der Waals surface area contributed by atoms with Crippen molar-refractivity contribution in [2.24, 2.45) is 0 Å². The molecule has 1 aromatic carbocycles. The van der Waals surface area contributed by atoms with E-state index in [0.717, 1.165) is 11.6 Å². The van der Waals surface area contributed by atoms with Gasteiger partial charge in [0, 0.05) is 17.7 Å². The quantitative estimate of drug-likeness (QED) is 0.843. The van der Waals surface area contributed by atoms with E-state index in [0.29, 0.717) is 22.7 Å². The summed E-state index contributed by atoms with van der Waals surface area (Å²) in [4.78, 5) is 22.7. The second-order valence-corrected chi connectivity index (χ2v) is 4.52. The Morgan fingerprint density at radius 2 is 2.05 bits per heavy atom. The minimum Gasteiger partial charge on any atom is -0.478 e. The first-order valence-electron chi connectivity index (χ1n) is 6.22. The van der Waals surface area contributed by atoms with Crippen molar-refractivity contribution < 1.29 is 19.2 Å². The van der Waals surface area contributed by atoms with Gasteiger partial charge in [0.2, 0.25) is 0 Å². The van der Waals surface area contributed by atoms with Crippen LogP contribution in [-0.4, -0.2) is 22.1 Å². The molecule has 21 heavy (non-hydrogen) atoms. The van der Waals surface area contributed by atoms with Gasteiger partial charge in [0.25, 0.3) is 5.91 Å². The van der Waals surface area contributed by atoms with Gasteiger partial charge >= 0.3 is 5.97 Å². The van der Waals surface area contributed by atoms with Crippen LogP contribution in [0.1, 0.15) is 27.2 Å². The molecule has 108 valence electrons. The van der Waals surface area contributed by atoms with Crippen LogP contribution in [0.3, 0.4) is 0 Å². The zero-order chi connectivity index (χ0) is 15.4. The molecule has 1 heterocycles. The fraction of sp³-hybridized carbons (Fsp3) is 0.133. The van der Waals surface area contributed by atoms with Crippen LogP contribution in [0.2, 0.25) is 0 Å². The van der Waals surface area contributed by atoms with Crippen LogP contribution < -0.4 is 5.32 Å². The average molecular weight is 286 g/mol. The number of carbonyl (C=O) groups excluding carboxylic acids is 1. The Labute approximate surface area is 121 Å². The summed E-state index contributed by atoms with van der Waals surface area (Å²) in [5.41, 5.74) is 1.95. The number of rotatable bonds is 4. The predicted octanol–water partition coefficient (Wildman–Crippen LogP) is 2.64. The lowest BCUT2D eigenvalue weighted by Gasteiger charge is -2.05. The Balaban J connectivity index is 2.21. The first kappa shape index (κ1) is 14.5. The van der Waals surface area contributed by atoms with Crippen LogP contribution in [0.15, 0.2) is 34.9 Å². The smallest absolute Gasteiger partial charge is 0.328 e. The van der Waals surface area contributed by atoms with E-state index in [4.69, 9.17) is 9.63 Å². The highest BCUT2D eigenvalue weighted by molar-refractivity contribution is 6.04. The molecule has 0 saturated heterocycles. The molecule has 1 amide bonds. The van der Waals surface area contributed by atoms with E-state index in [-0.39, 0.29) is 5.91 Å². The van der Waals surface area contributed by atoms with Crippen molar-refractivity contribution in [1.82, 2.24) is 5.16 Å². The number of hydrogen-bond acceptors (Lipinski definition) is 4. The highest BCUT2D eigenvalue weighted by atomic mass is 16.5. The molecule has 0 radical (unpaired) electrons. The van der Waals surface area contributed by atoms with Gasteiger partial charge in [0.1, 0.15) is 5.76 Å². The van der Waals surface area contributed by atoms with Gasteiger partial charge in [-0.2, -0.15) is 0 Å². The van der Waals surface area contributed by atoms with E-state index >= 15 is 0 Å². The third-order valence-electron chi connectivity index (χ3n) is 2.82. The van der Waals surface area contributed by atoms with Crippen molar-refractivity contribution >= 4 is 23.8 Å². The van der Waals surface area contributed by atoms with Gasteiger partial charge in [-0.1, -0.05) is 11.2 Å². The number of aryl methyl sites for hydroxylation is 2. The average Bonchev–Trinajstić information content (AvgIpc) is 2.83. The molecular formula is C15H14N2O4. The van der Waals surface area contributed by atoms with Gasteiger partial charge < -0.3 is 14.9 Å². The highest BCUT2D eigenvalue weighted by Crippen LogP contribution is 2.15. The maximum absolute atomic E-state index is 12.1. The summed E-state index contributed by atoms with van der Waals surface area (Å²) in [6.45, 7) is 3.56. The summed E-state index contributed by atoms with van der Waals surface area (Å²) in [5.74, 6) is -0.449. The monoisotopic (exact) mass is 286 g/mol. The zero-order valence-corrected chi connectivity index (χ0v) is 11.6. The molecule has 0 atom stereocenters. The second-order valence-electron chi connectivity index (χ2n) is 4.52. The first-order chi connectivity index (χ1) is 9.95. The maximum atomic E-state index is 12.1. The Hall–Kier alpha value is -2.89. The van der Waals surface area contributed by atoms with Crippen LogP contribution >= 0.6 is 0 Å². The molecule has 0 fully saturated rings. The normalized spacial score (nSPS) is 10.8. The van der Waals surface area contributed by atoms with E-state index in [1.54, 1.807) is 31.2 Å². The number of anilines is 1. The number of nitrogens with one attached hydrogen (secondary N) is 1. The van der Waals surface area contributed by atoms with Gasteiger partial charge in [-0.05, 0) is 43.2 Å². The summed E-state index contributed by atoms with van der Waals surface area (Å²) in [5, 5.41) is 14.9. The Morgan fingerprint density at radius 3 is 2.67 bits per heavy atom. The molecule has 2 rings (SSSR count).